The molecule has 0 saturated heterocycles. The second-order valence-electron chi connectivity index (χ2n) is 10.3. The first-order valence-corrected chi connectivity index (χ1v) is 13.9. The minimum Gasteiger partial charge on any atom is -0.362 e. The fraction of sp³-hybridized carbons (Fsp3) is 0.108. The molecule has 200 valence electrons. The number of likely N-dealkylation sites (N-methyl/N-ethyl adjacent to an activating group) is 1. The van der Waals surface area contributed by atoms with Crippen LogP contribution >= 0.6 is 0 Å². The van der Waals surface area contributed by atoms with Crippen LogP contribution in [0.25, 0.3) is 45.1 Å². The molecule has 4 nitrogen and oxygen atoms in total. The van der Waals surface area contributed by atoms with E-state index in [0.717, 1.165) is 44.8 Å². The Morgan fingerprint density at radius 1 is 0.854 bits per heavy atom. The van der Waals surface area contributed by atoms with Crippen LogP contribution in [-0.2, 0) is 0 Å². The highest BCUT2D eigenvalue weighted by Gasteiger charge is 2.24. The van der Waals surface area contributed by atoms with Crippen molar-refractivity contribution in [1.29, 1.82) is 0 Å². The molecule has 0 N–H and O–H groups in total. The molecule has 4 heteroatoms. The number of aryl methyl sites for hydroxylation is 1. The number of allylic oxidation sites excluding steroid dienone is 5. The van der Waals surface area contributed by atoms with E-state index in [1.54, 1.807) is 6.08 Å². The van der Waals surface area contributed by atoms with E-state index in [2.05, 4.69) is 108 Å². The molecule has 2 aromatic heterocycles. The van der Waals surface area contributed by atoms with Crippen LogP contribution in [0.2, 0.25) is 0 Å². The van der Waals surface area contributed by atoms with Crippen LogP contribution in [0.3, 0.4) is 0 Å². The molecule has 0 spiro atoms. The van der Waals surface area contributed by atoms with Gasteiger partial charge in [0.15, 0.2) is 5.82 Å². The molecule has 1 aliphatic heterocycles. The average Bonchev–Trinajstić information content (AvgIpc) is 3.01. The third-order valence-electron chi connectivity index (χ3n) is 7.46. The van der Waals surface area contributed by atoms with E-state index >= 15 is 0 Å². The van der Waals surface area contributed by atoms with Gasteiger partial charge in [-0.1, -0.05) is 91.6 Å². The Morgan fingerprint density at radius 3 is 2.46 bits per heavy atom. The summed E-state index contributed by atoms with van der Waals surface area (Å²) in [4.78, 5) is 17.0. The normalized spacial score (nSPS) is 15.0. The summed E-state index contributed by atoms with van der Waals surface area (Å²) in [6, 6.07) is 29.6. The number of hydrogen-bond acceptors (Lipinski definition) is 4. The summed E-state index contributed by atoms with van der Waals surface area (Å²) in [6.07, 6.45) is 12.3. The van der Waals surface area contributed by atoms with Gasteiger partial charge < -0.3 is 4.90 Å². The first-order valence-electron chi connectivity index (χ1n) is 13.9. The van der Waals surface area contributed by atoms with Crippen LogP contribution < -0.4 is 4.90 Å². The van der Waals surface area contributed by atoms with Gasteiger partial charge in [0.25, 0.3) is 0 Å². The number of pyridine rings is 1. The van der Waals surface area contributed by atoms with Gasteiger partial charge in [-0.3, -0.25) is 4.98 Å². The average molecular weight is 533 g/mol. The zero-order valence-electron chi connectivity index (χ0n) is 23.6. The summed E-state index contributed by atoms with van der Waals surface area (Å²) < 4.78 is 0. The van der Waals surface area contributed by atoms with Gasteiger partial charge in [0.05, 0.1) is 22.9 Å². The number of hydrogen-bond donors (Lipinski definition) is 0. The van der Waals surface area contributed by atoms with Gasteiger partial charge in [0.1, 0.15) is 0 Å². The zero-order chi connectivity index (χ0) is 28.3. The van der Waals surface area contributed by atoms with Crippen molar-refractivity contribution in [3.05, 3.63) is 145 Å². The Hall–Kier alpha value is -5.09. The predicted molar refractivity (Wildman–Crippen MR) is 173 cm³/mol. The Morgan fingerprint density at radius 2 is 1.66 bits per heavy atom. The molecule has 3 aromatic carbocycles. The molecular weight excluding hydrogens is 500 g/mol. The second kappa shape index (κ2) is 11.2. The highest BCUT2D eigenvalue weighted by atomic mass is 15.2. The van der Waals surface area contributed by atoms with E-state index in [1.165, 1.54) is 16.7 Å². The Labute approximate surface area is 241 Å². The molecule has 5 aromatic rings. The van der Waals surface area contributed by atoms with Crippen molar-refractivity contribution in [3.8, 4) is 22.5 Å². The van der Waals surface area contributed by atoms with Gasteiger partial charge in [-0.2, -0.15) is 0 Å². The molecule has 1 unspecified atom stereocenters. The quantitative estimate of drug-likeness (QED) is 0.205. The highest BCUT2D eigenvalue weighted by molar-refractivity contribution is 5.86. The molecular formula is C37H32N4. The van der Waals surface area contributed by atoms with Crippen molar-refractivity contribution in [2.45, 2.75) is 19.9 Å². The van der Waals surface area contributed by atoms with E-state index in [0.29, 0.717) is 5.82 Å². The molecule has 0 saturated carbocycles. The van der Waals surface area contributed by atoms with Crippen molar-refractivity contribution in [1.82, 2.24) is 15.0 Å². The maximum atomic E-state index is 5.07. The van der Waals surface area contributed by atoms with Crippen molar-refractivity contribution in [2.24, 2.45) is 0 Å². The van der Waals surface area contributed by atoms with Crippen LogP contribution in [0.15, 0.2) is 122 Å². The second-order valence-corrected chi connectivity index (χ2v) is 10.3. The third kappa shape index (κ3) is 5.24. The van der Waals surface area contributed by atoms with E-state index in [1.807, 2.05) is 44.2 Å². The number of nitrogens with zero attached hydrogens (tertiary/aromatic N) is 4. The number of rotatable bonds is 6. The van der Waals surface area contributed by atoms with Gasteiger partial charge in [0, 0.05) is 29.4 Å². The summed E-state index contributed by atoms with van der Waals surface area (Å²) in [6.45, 7) is 7.94. The third-order valence-corrected chi connectivity index (χ3v) is 7.46. The van der Waals surface area contributed by atoms with Crippen molar-refractivity contribution in [3.63, 3.8) is 0 Å². The maximum absolute atomic E-state index is 5.07. The molecule has 0 radical (unpaired) electrons. The van der Waals surface area contributed by atoms with Crippen molar-refractivity contribution < 1.29 is 0 Å². The lowest BCUT2D eigenvalue weighted by molar-refractivity contribution is 0.771. The first-order chi connectivity index (χ1) is 20.0. The van der Waals surface area contributed by atoms with Crippen LogP contribution in [0.1, 0.15) is 35.6 Å². The van der Waals surface area contributed by atoms with E-state index in [-0.39, 0.29) is 6.04 Å². The highest BCUT2D eigenvalue weighted by Crippen LogP contribution is 2.38. The fourth-order valence-corrected chi connectivity index (χ4v) is 5.38. The molecule has 0 fully saturated rings. The fourth-order valence-electron chi connectivity index (χ4n) is 5.38. The number of benzene rings is 3. The SMILES string of the molecule is C=C/C=C(\C=C/C)c1cc(C2C=Cc3cc(-c4ccc5nc(C)ccc5c4)ccc3N2C)nc(-c2ccccc2)n1. The maximum Gasteiger partial charge on any atom is 0.160 e. The van der Waals surface area contributed by atoms with Gasteiger partial charge in [-0.15, -0.1) is 0 Å². The topological polar surface area (TPSA) is 41.9 Å². The first kappa shape index (κ1) is 26.1. The largest absolute Gasteiger partial charge is 0.362 e. The van der Waals surface area contributed by atoms with Crippen molar-refractivity contribution in [2.75, 3.05) is 11.9 Å². The summed E-state index contributed by atoms with van der Waals surface area (Å²) in [7, 11) is 2.13. The summed E-state index contributed by atoms with van der Waals surface area (Å²) in [5, 5.41) is 1.15. The van der Waals surface area contributed by atoms with Gasteiger partial charge in [-0.05, 0) is 72.5 Å². The van der Waals surface area contributed by atoms with Crippen LogP contribution in [-0.4, -0.2) is 22.0 Å². The predicted octanol–water partition coefficient (Wildman–Crippen LogP) is 9.02. The van der Waals surface area contributed by atoms with E-state index < -0.39 is 0 Å². The van der Waals surface area contributed by atoms with Gasteiger partial charge >= 0.3 is 0 Å². The molecule has 3 heterocycles. The van der Waals surface area contributed by atoms with Crippen molar-refractivity contribution >= 4 is 28.2 Å². The van der Waals surface area contributed by atoms with Crippen LogP contribution in [0.4, 0.5) is 5.69 Å². The summed E-state index contributed by atoms with van der Waals surface area (Å²) in [5.74, 6) is 0.710. The van der Waals surface area contributed by atoms with Crippen LogP contribution in [0.5, 0.6) is 0 Å². The molecule has 1 aliphatic rings. The number of fused-ring (bicyclic) bond motifs is 2. The molecule has 41 heavy (non-hydrogen) atoms. The van der Waals surface area contributed by atoms with Gasteiger partial charge in [0.2, 0.25) is 0 Å². The number of aromatic nitrogens is 3. The summed E-state index contributed by atoms with van der Waals surface area (Å²) >= 11 is 0. The lowest BCUT2D eigenvalue weighted by atomic mass is 9.95. The number of anilines is 1. The Bertz CT molecular complexity index is 1850. The molecule has 0 bridgehead atoms. The molecule has 0 aliphatic carbocycles. The minimum absolute atomic E-state index is 0.0388. The monoisotopic (exact) mass is 532 g/mol. The molecule has 6 rings (SSSR count). The van der Waals surface area contributed by atoms with E-state index in [9.17, 15) is 0 Å². The molecule has 0 amide bonds. The Balaban J connectivity index is 1.39. The standard InChI is InChI=1S/C37H32N4/c1-5-10-26(11-6-2)33-24-34(40-37(39-33)27-12-8-7-9-13-27)36-21-18-31-23-29(17-20-35(31)41(36)4)28-16-19-32-30(22-28)15-14-25(3)38-32/h5-24,36H,1H2,2-4H3/b11-6-,26-10+. The Kier molecular flexibility index (Phi) is 7.13. The van der Waals surface area contributed by atoms with E-state index in [4.69, 9.17) is 9.97 Å². The smallest absolute Gasteiger partial charge is 0.160 e. The zero-order valence-corrected chi connectivity index (χ0v) is 23.6. The lowest BCUT2D eigenvalue weighted by Crippen LogP contribution is -2.26. The van der Waals surface area contributed by atoms with Gasteiger partial charge in [-0.25, -0.2) is 9.97 Å². The summed E-state index contributed by atoms with van der Waals surface area (Å²) in [5.41, 5.74) is 10.6. The minimum atomic E-state index is -0.0388. The van der Waals surface area contributed by atoms with Crippen LogP contribution in [0, 0.1) is 6.92 Å². The lowest BCUT2D eigenvalue weighted by Gasteiger charge is -2.32. The molecule has 1 atom stereocenters.